The molecule has 0 fully saturated rings. The molecule has 0 heterocycles. The summed E-state index contributed by atoms with van der Waals surface area (Å²) in [6, 6.07) is 11.0. The molecule has 0 saturated carbocycles. The Balaban J connectivity index is 2.27. The number of carbonyl (C=O) groups is 1. The summed E-state index contributed by atoms with van der Waals surface area (Å²) >= 11 is 0. The second-order valence-corrected chi connectivity index (χ2v) is 5.29. The molecule has 0 aromatic heterocycles. The minimum Gasteiger partial charge on any atom is -0.490 e. The molecular formula is C19H21FO4. The van der Waals surface area contributed by atoms with Gasteiger partial charge in [-0.05, 0) is 55.7 Å². The van der Waals surface area contributed by atoms with E-state index in [4.69, 9.17) is 9.47 Å². The average molecular weight is 332 g/mol. The fraction of sp³-hybridized carbons (Fsp3) is 0.316. The lowest BCUT2D eigenvalue weighted by Gasteiger charge is -2.16. The first kappa shape index (κ1) is 17.8. The first-order valence-electron chi connectivity index (χ1n) is 7.92. The Morgan fingerprint density at radius 3 is 2.25 bits per heavy atom. The molecule has 4 nitrogen and oxygen atoms in total. The maximum Gasteiger partial charge on any atom is 0.311 e. The number of hydrogen-bond acceptors (Lipinski definition) is 3. The van der Waals surface area contributed by atoms with Crippen molar-refractivity contribution in [2.45, 2.75) is 26.2 Å². The SMILES string of the molecule is CCOc1ccc(CC(C(=O)O)c2ccc(F)cc2)cc1OCC. The Morgan fingerprint density at radius 2 is 1.67 bits per heavy atom. The second-order valence-electron chi connectivity index (χ2n) is 5.29. The first-order chi connectivity index (χ1) is 11.5. The molecule has 0 saturated heterocycles. The Bertz CT molecular complexity index is 682. The normalized spacial score (nSPS) is 11.8. The molecule has 0 aliphatic heterocycles. The van der Waals surface area contributed by atoms with E-state index in [1.165, 1.54) is 24.3 Å². The van der Waals surface area contributed by atoms with Gasteiger partial charge in [-0.3, -0.25) is 4.79 Å². The molecule has 0 aliphatic rings. The van der Waals surface area contributed by atoms with Crippen molar-refractivity contribution < 1.29 is 23.8 Å². The molecular weight excluding hydrogens is 311 g/mol. The summed E-state index contributed by atoms with van der Waals surface area (Å²) < 4.78 is 24.1. The van der Waals surface area contributed by atoms with Gasteiger partial charge in [0.25, 0.3) is 0 Å². The number of ether oxygens (including phenoxy) is 2. The van der Waals surface area contributed by atoms with E-state index in [1.54, 1.807) is 12.1 Å². The second kappa shape index (κ2) is 8.34. The van der Waals surface area contributed by atoms with Gasteiger partial charge in [-0.2, -0.15) is 0 Å². The van der Waals surface area contributed by atoms with Crippen LogP contribution in [-0.4, -0.2) is 24.3 Å². The molecule has 1 atom stereocenters. The third-order valence-electron chi connectivity index (χ3n) is 3.62. The van der Waals surface area contributed by atoms with Gasteiger partial charge in [0, 0.05) is 0 Å². The van der Waals surface area contributed by atoms with Crippen LogP contribution < -0.4 is 9.47 Å². The van der Waals surface area contributed by atoms with Crippen LogP contribution in [0.3, 0.4) is 0 Å². The third-order valence-corrected chi connectivity index (χ3v) is 3.62. The summed E-state index contributed by atoms with van der Waals surface area (Å²) in [4.78, 5) is 11.6. The van der Waals surface area contributed by atoms with Gasteiger partial charge in [-0.1, -0.05) is 18.2 Å². The van der Waals surface area contributed by atoms with Crippen LogP contribution in [0.2, 0.25) is 0 Å². The molecule has 0 amide bonds. The zero-order valence-corrected chi connectivity index (χ0v) is 13.8. The smallest absolute Gasteiger partial charge is 0.311 e. The van der Waals surface area contributed by atoms with E-state index in [2.05, 4.69) is 0 Å². The van der Waals surface area contributed by atoms with Crippen molar-refractivity contribution in [1.82, 2.24) is 0 Å². The predicted molar refractivity (Wildman–Crippen MR) is 89.3 cm³/mol. The number of rotatable bonds is 8. The fourth-order valence-electron chi connectivity index (χ4n) is 2.50. The number of benzene rings is 2. The molecule has 0 radical (unpaired) electrons. The van der Waals surface area contributed by atoms with Crippen LogP contribution in [0.1, 0.15) is 30.9 Å². The molecule has 2 rings (SSSR count). The van der Waals surface area contributed by atoms with Gasteiger partial charge in [0.05, 0.1) is 19.1 Å². The summed E-state index contributed by atoms with van der Waals surface area (Å²) in [6.45, 7) is 4.77. The molecule has 2 aromatic rings. The van der Waals surface area contributed by atoms with Gasteiger partial charge in [-0.15, -0.1) is 0 Å². The van der Waals surface area contributed by atoms with Crippen molar-refractivity contribution in [2.24, 2.45) is 0 Å². The van der Waals surface area contributed by atoms with Crippen molar-refractivity contribution in [3.63, 3.8) is 0 Å². The van der Waals surface area contributed by atoms with Crippen molar-refractivity contribution in [3.8, 4) is 11.5 Å². The highest BCUT2D eigenvalue weighted by atomic mass is 19.1. The zero-order chi connectivity index (χ0) is 17.5. The van der Waals surface area contributed by atoms with Crippen LogP contribution in [0.4, 0.5) is 4.39 Å². The number of aliphatic carboxylic acids is 1. The van der Waals surface area contributed by atoms with Gasteiger partial charge in [0.2, 0.25) is 0 Å². The number of carboxylic acids is 1. The number of hydrogen-bond donors (Lipinski definition) is 1. The van der Waals surface area contributed by atoms with Crippen LogP contribution in [0.5, 0.6) is 11.5 Å². The zero-order valence-electron chi connectivity index (χ0n) is 13.8. The van der Waals surface area contributed by atoms with E-state index < -0.39 is 11.9 Å². The molecule has 5 heteroatoms. The molecule has 2 aromatic carbocycles. The Morgan fingerprint density at radius 1 is 1.04 bits per heavy atom. The van der Waals surface area contributed by atoms with Crippen molar-refractivity contribution >= 4 is 5.97 Å². The summed E-state index contributed by atoms with van der Waals surface area (Å²) in [7, 11) is 0. The van der Waals surface area contributed by atoms with Crippen LogP contribution in [0.15, 0.2) is 42.5 Å². The average Bonchev–Trinajstić information content (AvgIpc) is 2.56. The van der Waals surface area contributed by atoms with Crippen molar-refractivity contribution in [1.29, 1.82) is 0 Å². The topological polar surface area (TPSA) is 55.8 Å². The molecule has 1 unspecified atom stereocenters. The molecule has 0 spiro atoms. The van der Waals surface area contributed by atoms with Crippen LogP contribution in [0, 0.1) is 5.82 Å². The lowest BCUT2D eigenvalue weighted by atomic mass is 9.92. The lowest BCUT2D eigenvalue weighted by molar-refractivity contribution is -0.138. The van der Waals surface area contributed by atoms with Crippen molar-refractivity contribution in [2.75, 3.05) is 13.2 Å². The van der Waals surface area contributed by atoms with E-state index in [0.29, 0.717) is 30.3 Å². The van der Waals surface area contributed by atoms with Crippen molar-refractivity contribution in [3.05, 3.63) is 59.4 Å². The van der Waals surface area contributed by atoms with Gasteiger partial charge in [0.1, 0.15) is 5.82 Å². The first-order valence-corrected chi connectivity index (χ1v) is 7.92. The minimum atomic E-state index is -0.951. The molecule has 0 bridgehead atoms. The van der Waals surface area contributed by atoms with Gasteiger partial charge in [0.15, 0.2) is 11.5 Å². The third kappa shape index (κ3) is 4.47. The van der Waals surface area contributed by atoms with Crippen LogP contribution in [-0.2, 0) is 11.2 Å². The number of halogens is 1. The largest absolute Gasteiger partial charge is 0.490 e. The Labute approximate surface area is 140 Å². The lowest BCUT2D eigenvalue weighted by Crippen LogP contribution is -2.14. The van der Waals surface area contributed by atoms with E-state index >= 15 is 0 Å². The van der Waals surface area contributed by atoms with E-state index in [0.717, 1.165) is 5.56 Å². The molecule has 128 valence electrons. The summed E-state index contributed by atoms with van der Waals surface area (Å²) in [5.74, 6) is -0.856. The highest BCUT2D eigenvalue weighted by molar-refractivity contribution is 5.76. The standard InChI is InChI=1S/C19H21FO4/c1-3-23-17-10-5-13(12-18(17)24-4-2)11-16(19(21)22)14-6-8-15(20)9-7-14/h5-10,12,16H,3-4,11H2,1-2H3,(H,21,22). The van der Waals surface area contributed by atoms with Gasteiger partial charge >= 0.3 is 5.97 Å². The monoisotopic (exact) mass is 332 g/mol. The maximum absolute atomic E-state index is 13.1. The predicted octanol–water partition coefficient (Wildman–Crippen LogP) is 4.03. The summed E-state index contributed by atoms with van der Waals surface area (Å²) in [5, 5.41) is 9.52. The highest BCUT2D eigenvalue weighted by Gasteiger charge is 2.21. The summed E-state index contributed by atoms with van der Waals surface area (Å²) in [5.41, 5.74) is 1.38. The summed E-state index contributed by atoms with van der Waals surface area (Å²) in [6.07, 6.45) is 0.285. The molecule has 24 heavy (non-hydrogen) atoms. The Hall–Kier alpha value is -2.56. The van der Waals surface area contributed by atoms with Gasteiger partial charge < -0.3 is 14.6 Å². The maximum atomic E-state index is 13.1. The fourth-order valence-corrected chi connectivity index (χ4v) is 2.50. The van der Waals surface area contributed by atoms with Gasteiger partial charge in [-0.25, -0.2) is 4.39 Å². The van der Waals surface area contributed by atoms with Crippen LogP contribution >= 0.6 is 0 Å². The molecule has 1 N–H and O–H groups in total. The Kier molecular flexibility index (Phi) is 6.18. The minimum absolute atomic E-state index is 0.285. The molecule has 0 aliphatic carbocycles. The van der Waals surface area contributed by atoms with Crippen LogP contribution in [0.25, 0.3) is 0 Å². The number of carboxylic acid groups (broad SMARTS) is 1. The quantitative estimate of drug-likeness (QED) is 0.793. The highest BCUT2D eigenvalue weighted by Crippen LogP contribution is 2.31. The van der Waals surface area contributed by atoms with E-state index in [9.17, 15) is 14.3 Å². The van der Waals surface area contributed by atoms with E-state index in [1.807, 2.05) is 19.9 Å². The van der Waals surface area contributed by atoms with E-state index in [-0.39, 0.29) is 12.2 Å².